The van der Waals surface area contributed by atoms with Crippen LogP contribution < -0.4 is 15.7 Å². The summed E-state index contributed by atoms with van der Waals surface area (Å²) < 4.78 is 6.83. The van der Waals surface area contributed by atoms with E-state index in [0.717, 1.165) is 43.0 Å². The van der Waals surface area contributed by atoms with Gasteiger partial charge in [0.1, 0.15) is 10.6 Å². The molecule has 2 heterocycles. The van der Waals surface area contributed by atoms with Gasteiger partial charge in [0.25, 0.3) is 17.2 Å². The SMILES string of the molecule is COc1ccc(-n2c(SCC(=O)NN=C(C)c3ccc([N+](=O)[O-])cc3)nc3sc4c(c3c2=O)CCCC4)cc1. The molecule has 1 aliphatic carbocycles. The zero-order valence-electron chi connectivity index (χ0n) is 21.3. The molecule has 200 valence electrons. The summed E-state index contributed by atoms with van der Waals surface area (Å²) in [4.78, 5) is 43.7. The number of aryl methyl sites for hydroxylation is 2. The van der Waals surface area contributed by atoms with Crippen molar-refractivity contribution >= 4 is 50.6 Å². The predicted molar refractivity (Wildman–Crippen MR) is 153 cm³/mol. The molecule has 1 amide bonds. The predicted octanol–water partition coefficient (Wildman–Crippen LogP) is 4.88. The maximum absolute atomic E-state index is 13.8. The number of amides is 1. The summed E-state index contributed by atoms with van der Waals surface area (Å²) in [5.74, 6) is 0.280. The van der Waals surface area contributed by atoms with Gasteiger partial charge in [-0.1, -0.05) is 11.8 Å². The minimum absolute atomic E-state index is 0.0176. The van der Waals surface area contributed by atoms with E-state index < -0.39 is 4.92 Å². The molecular formula is C27H25N5O5S2. The summed E-state index contributed by atoms with van der Waals surface area (Å²) in [5.41, 5.74) is 5.25. The number of methoxy groups -OCH3 is 1. The molecule has 0 radical (unpaired) electrons. The van der Waals surface area contributed by atoms with Gasteiger partial charge in [0.05, 0.1) is 34.6 Å². The second kappa shape index (κ2) is 11.4. The average molecular weight is 564 g/mol. The zero-order chi connectivity index (χ0) is 27.5. The molecule has 0 saturated carbocycles. The molecule has 0 atom stereocenters. The Morgan fingerprint density at radius 1 is 1.18 bits per heavy atom. The van der Waals surface area contributed by atoms with Crippen LogP contribution in [-0.2, 0) is 17.6 Å². The highest BCUT2D eigenvalue weighted by molar-refractivity contribution is 7.99. The fraction of sp³-hybridized carbons (Fsp3) is 0.259. The van der Waals surface area contributed by atoms with E-state index in [2.05, 4.69) is 10.5 Å². The lowest BCUT2D eigenvalue weighted by atomic mass is 9.97. The van der Waals surface area contributed by atoms with Crippen molar-refractivity contribution in [2.45, 2.75) is 37.8 Å². The quantitative estimate of drug-likeness (QED) is 0.106. The molecule has 10 nitrogen and oxygen atoms in total. The lowest BCUT2D eigenvalue weighted by Gasteiger charge is -2.14. The Morgan fingerprint density at radius 3 is 2.59 bits per heavy atom. The van der Waals surface area contributed by atoms with Crippen molar-refractivity contribution < 1.29 is 14.5 Å². The first-order valence-corrected chi connectivity index (χ1v) is 14.1. The Kier molecular flexibility index (Phi) is 7.75. The van der Waals surface area contributed by atoms with Crippen LogP contribution in [0.5, 0.6) is 5.75 Å². The van der Waals surface area contributed by atoms with Gasteiger partial charge >= 0.3 is 0 Å². The number of nitro groups is 1. The monoisotopic (exact) mass is 563 g/mol. The van der Waals surface area contributed by atoms with E-state index >= 15 is 0 Å². The number of nitrogens with one attached hydrogen (secondary N) is 1. The van der Waals surface area contributed by atoms with Crippen molar-refractivity contribution in [2.24, 2.45) is 5.10 Å². The summed E-state index contributed by atoms with van der Waals surface area (Å²) in [6, 6.07) is 13.1. The molecule has 0 fully saturated rings. The summed E-state index contributed by atoms with van der Waals surface area (Å²) in [6.45, 7) is 1.70. The topological polar surface area (TPSA) is 129 Å². The van der Waals surface area contributed by atoms with E-state index in [9.17, 15) is 19.7 Å². The van der Waals surface area contributed by atoms with Gasteiger partial charge in [0, 0.05) is 17.0 Å². The number of hydrogen-bond donors (Lipinski definition) is 1. The van der Waals surface area contributed by atoms with Gasteiger partial charge < -0.3 is 4.74 Å². The molecule has 0 aliphatic heterocycles. The van der Waals surface area contributed by atoms with Gasteiger partial charge in [0.2, 0.25) is 0 Å². The molecule has 0 saturated heterocycles. The summed E-state index contributed by atoms with van der Waals surface area (Å²) >= 11 is 2.72. The fourth-order valence-electron chi connectivity index (χ4n) is 4.44. The zero-order valence-corrected chi connectivity index (χ0v) is 22.9. The minimum Gasteiger partial charge on any atom is -0.497 e. The molecule has 0 bridgehead atoms. The van der Waals surface area contributed by atoms with E-state index in [1.165, 1.54) is 17.0 Å². The first-order chi connectivity index (χ1) is 18.9. The van der Waals surface area contributed by atoms with Crippen LogP contribution in [0, 0.1) is 10.1 Å². The Morgan fingerprint density at radius 2 is 1.90 bits per heavy atom. The molecular weight excluding hydrogens is 538 g/mol. The third-order valence-corrected chi connectivity index (χ3v) is 8.59. The van der Waals surface area contributed by atoms with Gasteiger partial charge in [-0.25, -0.2) is 10.4 Å². The number of carbonyl (C=O) groups excluding carboxylic acids is 1. The molecule has 2 aromatic heterocycles. The van der Waals surface area contributed by atoms with Gasteiger partial charge in [0.15, 0.2) is 5.16 Å². The second-order valence-electron chi connectivity index (χ2n) is 8.95. The molecule has 0 unspecified atom stereocenters. The van der Waals surface area contributed by atoms with Crippen LogP contribution in [0.15, 0.2) is 63.6 Å². The largest absolute Gasteiger partial charge is 0.497 e. The molecule has 1 aliphatic rings. The van der Waals surface area contributed by atoms with Crippen molar-refractivity contribution in [1.82, 2.24) is 15.0 Å². The first-order valence-electron chi connectivity index (χ1n) is 12.3. The first kappa shape index (κ1) is 26.6. The van der Waals surface area contributed by atoms with Crippen LogP contribution in [0.25, 0.3) is 15.9 Å². The molecule has 4 aromatic rings. The Balaban J connectivity index is 1.40. The smallest absolute Gasteiger partial charge is 0.269 e. The number of ether oxygens (including phenoxy) is 1. The van der Waals surface area contributed by atoms with Crippen molar-refractivity contribution in [3.63, 3.8) is 0 Å². The number of aromatic nitrogens is 2. The number of benzene rings is 2. The second-order valence-corrected chi connectivity index (χ2v) is 11.0. The maximum atomic E-state index is 13.8. The number of non-ortho nitro benzene ring substituents is 1. The number of thiophene rings is 1. The van der Waals surface area contributed by atoms with Gasteiger partial charge in [-0.05, 0) is 80.1 Å². The summed E-state index contributed by atoms with van der Waals surface area (Å²) in [6.07, 6.45) is 3.98. The van der Waals surface area contributed by atoms with Crippen LogP contribution in [-0.4, -0.2) is 39.0 Å². The van der Waals surface area contributed by atoms with E-state index in [0.29, 0.717) is 38.1 Å². The highest BCUT2D eigenvalue weighted by Crippen LogP contribution is 2.35. The standard InChI is InChI=1S/C27H25N5O5S2/c1-16(17-7-9-19(10-8-17)32(35)36)29-30-23(33)15-38-27-28-25-24(21-5-3-4-6-22(21)39-25)26(34)31(27)18-11-13-20(37-2)14-12-18/h7-14H,3-6,15H2,1-2H3,(H,30,33). The lowest BCUT2D eigenvalue weighted by molar-refractivity contribution is -0.384. The summed E-state index contributed by atoms with van der Waals surface area (Å²) in [7, 11) is 1.58. The molecule has 39 heavy (non-hydrogen) atoms. The van der Waals surface area contributed by atoms with E-state index in [4.69, 9.17) is 9.72 Å². The van der Waals surface area contributed by atoms with Gasteiger partial charge in [-0.3, -0.25) is 24.3 Å². The van der Waals surface area contributed by atoms with Crippen molar-refractivity contribution in [2.75, 3.05) is 12.9 Å². The van der Waals surface area contributed by atoms with Crippen molar-refractivity contribution in [3.8, 4) is 11.4 Å². The van der Waals surface area contributed by atoms with E-state index in [1.807, 2.05) is 0 Å². The molecule has 0 spiro atoms. The number of rotatable bonds is 8. The average Bonchev–Trinajstić information content (AvgIpc) is 3.33. The highest BCUT2D eigenvalue weighted by Gasteiger charge is 2.23. The van der Waals surface area contributed by atoms with Crippen LogP contribution in [0.2, 0.25) is 0 Å². The van der Waals surface area contributed by atoms with Gasteiger partial charge in [-0.2, -0.15) is 5.10 Å². The van der Waals surface area contributed by atoms with Crippen LogP contribution in [0.1, 0.15) is 35.8 Å². The third-order valence-electron chi connectivity index (χ3n) is 6.47. The number of fused-ring (bicyclic) bond motifs is 3. The number of nitrogens with zero attached hydrogens (tertiary/aromatic N) is 4. The lowest BCUT2D eigenvalue weighted by Crippen LogP contribution is -2.24. The van der Waals surface area contributed by atoms with E-state index in [1.54, 1.807) is 66.3 Å². The Labute approximate surface area is 231 Å². The minimum atomic E-state index is -0.475. The van der Waals surface area contributed by atoms with Crippen LogP contribution in [0.3, 0.4) is 0 Å². The third kappa shape index (κ3) is 5.57. The molecule has 12 heteroatoms. The van der Waals surface area contributed by atoms with Crippen LogP contribution >= 0.6 is 23.1 Å². The number of nitro benzene ring substituents is 1. The number of hydrogen-bond acceptors (Lipinski definition) is 9. The van der Waals surface area contributed by atoms with E-state index in [-0.39, 0.29) is 22.9 Å². The molecule has 2 aromatic carbocycles. The number of carbonyl (C=O) groups is 1. The molecule has 1 N–H and O–H groups in total. The van der Waals surface area contributed by atoms with Crippen molar-refractivity contribution in [3.05, 3.63) is 85.0 Å². The Hall–Kier alpha value is -4.03. The summed E-state index contributed by atoms with van der Waals surface area (Å²) in [5, 5.41) is 16.1. The van der Waals surface area contributed by atoms with Crippen LogP contribution in [0.4, 0.5) is 5.69 Å². The fourth-order valence-corrected chi connectivity index (χ4v) is 6.55. The normalized spacial score (nSPS) is 13.2. The van der Waals surface area contributed by atoms with Gasteiger partial charge in [-0.15, -0.1) is 11.3 Å². The number of thioether (sulfide) groups is 1. The number of hydrazone groups is 1. The van der Waals surface area contributed by atoms with Crippen molar-refractivity contribution in [1.29, 1.82) is 0 Å². The highest BCUT2D eigenvalue weighted by atomic mass is 32.2. The molecule has 5 rings (SSSR count). The Bertz CT molecular complexity index is 1640. The maximum Gasteiger partial charge on any atom is 0.269 e.